The molecule has 186 valence electrons. The summed E-state index contributed by atoms with van der Waals surface area (Å²) in [6.45, 7) is 5.65. The molecular weight excluding hydrogens is 467 g/mol. The number of halogens is 5. The molecule has 35 heavy (non-hydrogen) atoms. The first-order chi connectivity index (χ1) is 16.2. The van der Waals surface area contributed by atoms with Crippen LogP contribution in [0.25, 0.3) is 16.6 Å². The highest BCUT2D eigenvalue weighted by molar-refractivity contribution is 6.00. The Morgan fingerprint density at radius 2 is 1.86 bits per heavy atom. The summed E-state index contributed by atoms with van der Waals surface area (Å²) >= 11 is 0. The quantitative estimate of drug-likeness (QED) is 0.431. The Morgan fingerprint density at radius 1 is 1.14 bits per heavy atom. The molecule has 1 fully saturated rings. The second-order valence-electron chi connectivity index (χ2n) is 10.3. The largest absolute Gasteiger partial charge is 0.395 e. The van der Waals surface area contributed by atoms with Crippen molar-refractivity contribution in [1.29, 1.82) is 0 Å². The first kappa shape index (κ1) is 23.6. The zero-order chi connectivity index (χ0) is 25.4. The lowest BCUT2D eigenvalue weighted by molar-refractivity contribution is -0.206. The van der Waals surface area contributed by atoms with E-state index in [4.69, 9.17) is 0 Å². The Morgan fingerprint density at radius 3 is 2.51 bits per heavy atom. The molecule has 6 nitrogen and oxygen atoms in total. The van der Waals surface area contributed by atoms with Crippen LogP contribution in [0.15, 0.2) is 35.7 Å². The first-order valence-electron chi connectivity index (χ1n) is 11.3. The molecule has 1 unspecified atom stereocenters. The van der Waals surface area contributed by atoms with Crippen LogP contribution < -0.4 is 5.32 Å². The van der Waals surface area contributed by atoms with Crippen molar-refractivity contribution in [2.45, 2.75) is 58.1 Å². The van der Waals surface area contributed by atoms with Gasteiger partial charge in [0.1, 0.15) is 0 Å². The van der Waals surface area contributed by atoms with E-state index in [-0.39, 0.29) is 31.3 Å². The molecule has 0 bridgehead atoms. The maximum Gasteiger partial charge on any atom is 0.395 e. The van der Waals surface area contributed by atoms with Gasteiger partial charge in [0.15, 0.2) is 5.82 Å². The SMILES string of the molecule is CC1=Nc2ncc(-c3ccn4nc(NCC(C)(C)C(F)(F)F)ncc34)cc2C1(C)C1CC(F)(F)C1. The topological polar surface area (TPSA) is 67.5 Å². The van der Waals surface area contributed by atoms with Crippen molar-refractivity contribution in [3.8, 4) is 11.1 Å². The number of hydrogen-bond donors (Lipinski definition) is 1. The molecule has 5 rings (SSSR count). The van der Waals surface area contributed by atoms with Crippen LogP contribution in [0, 0.1) is 11.3 Å². The van der Waals surface area contributed by atoms with Gasteiger partial charge in [-0.15, -0.1) is 5.10 Å². The molecular formula is C24H25F5N6. The number of aliphatic imine (C=N–C) groups is 1. The van der Waals surface area contributed by atoms with E-state index in [2.05, 4.69) is 25.4 Å². The molecule has 0 spiro atoms. The normalized spacial score (nSPS) is 22.1. The number of anilines is 1. The second kappa shape index (κ2) is 7.44. The summed E-state index contributed by atoms with van der Waals surface area (Å²) < 4.78 is 68.3. The van der Waals surface area contributed by atoms with Gasteiger partial charge in [-0.25, -0.2) is 28.3 Å². The highest BCUT2D eigenvalue weighted by Crippen LogP contribution is 2.56. The average Bonchev–Trinajstić information content (AvgIpc) is 3.28. The number of nitrogens with zero attached hydrogens (tertiary/aromatic N) is 5. The molecule has 0 radical (unpaired) electrons. The van der Waals surface area contributed by atoms with Crippen LogP contribution >= 0.6 is 0 Å². The Hall–Kier alpha value is -3.11. The fourth-order valence-electron chi connectivity index (χ4n) is 4.76. The lowest BCUT2D eigenvalue weighted by atomic mass is 9.60. The number of hydrogen-bond acceptors (Lipinski definition) is 5. The smallest absolute Gasteiger partial charge is 0.352 e. The predicted molar refractivity (Wildman–Crippen MR) is 122 cm³/mol. The van der Waals surface area contributed by atoms with Gasteiger partial charge in [-0.2, -0.15) is 13.2 Å². The van der Waals surface area contributed by atoms with E-state index in [1.165, 1.54) is 10.7 Å². The monoisotopic (exact) mass is 492 g/mol. The molecule has 2 aliphatic rings. The molecule has 0 saturated heterocycles. The third-order valence-corrected chi connectivity index (χ3v) is 7.54. The van der Waals surface area contributed by atoms with E-state index in [1.54, 1.807) is 12.4 Å². The van der Waals surface area contributed by atoms with E-state index < -0.39 is 22.9 Å². The lowest BCUT2D eigenvalue weighted by Gasteiger charge is -2.45. The summed E-state index contributed by atoms with van der Waals surface area (Å²) in [5.41, 5.74) is 1.21. The number of alkyl halides is 5. The van der Waals surface area contributed by atoms with Gasteiger partial charge in [-0.05, 0) is 45.7 Å². The summed E-state index contributed by atoms with van der Waals surface area (Å²) in [6.07, 6.45) is 0.175. The minimum atomic E-state index is -4.36. The highest BCUT2D eigenvalue weighted by Gasteiger charge is 2.56. The zero-order valence-electron chi connectivity index (χ0n) is 19.7. The average molecular weight is 492 g/mol. The van der Waals surface area contributed by atoms with Gasteiger partial charge in [0, 0.05) is 59.6 Å². The van der Waals surface area contributed by atoms with E-state index in [9.17, 15) is 22.0 Å². The minimum Gasteiger partial charge on any atom is -0.352 e. The summed E-state index contributed by atoms with van der Waals surface area (Å²) in [5.74, 6) is -2.24. The summed E-state index contributed by atoms with van der Waals surface area (Å²) in [4.78, 5) is 13.2. The number of nitrogens with one attached hydrogen (secondary N) is 1. The predicted octanol–water partition coefficient (Wildman–Crippen LogP) is 6.20. The molecule has 11 heteroatoms. The maximum absolute atomic E-state index is 13.7. The minimum absolute atomic E-state index is 0.0755. The van der Waals surface area contributed by atoms with Gasteiger partial charge in [0.25, 0.3) is 0 Å². The molecule has 1 N–H and O–H groups in total. The van der Waals surface area contributed by atoms with Gasteiger partial charge in [-0.1, -0.05) is 0 Å². The summed E-state index contributed by atoms with van der Waals surface area (Å²) in [7, 11) is 0. The first-order valence-corrected chi connectivity index (χ1v) is 11.3. The lowest BCUT2D eigenvalue weighted by Crippen LogP contribution is -2.49. The van der Waals surface area contributed by atoms with E-state index in [1.807, 2.05) is 26.0 Å². The van der Waals surface area contributed by atoms with E-state index in [0.29, 0.717) is 11.3 Å². The Balaban J connectivity index is 1.43. The van der Waals surface area contributed by atoms with Crippen molar-refractivity contribution in [2.24, 2.45) is 16.3 Å². The van der Waals surface area contributed by atoms with Gasteiger partial charge in [0.05, 0.1) is 17.1 Å². The van der Waals surface area contributed by atoms with Crippen molar-refractivity contribution < 1.29 is 22.0 Å². The van der Waals surface area contributed by atoms with Crippen molar-refractivity contribution in [1.82, 2.24) is 19.6 Å². The van der Waals surface area contributed by atoms with Crippen LogP contribution in [0.2, 0.25) is 0 Å². The van der Waals surface area contributed by atoms with Crippen LogP contribution in [0.4, 0.5) is 33.7 Å². The fraction of sp³-hybridized carbons (Fsp3) is 0.500. The molecule has 0 aromatic carbocycles. The van der Waals surface area contributed by atoms with Gasteiger partial charge < -0.3 is 5.32 Å². The number of aromatic nitrogens is 4. The van der Waals surface area contributed by atoms with Crippen LogP contribution in [0.3, 0.4) is 0 Å². The highest BCUT2D eigenvalue weighted by atomic mass is 19.4. The summed E-state index contributed by atoms with van der Waals surface area (Å²) in [5, 5.41) is 6.95. The summed E-state index contributed by atoms with van der Waals surface area (Å²) in [6, 6.07) is 3.75. The van der Waals surface area contributed by atoms with Crippen LogP contribution in [0.1, 0.15) is 46.1 Å². The van der Waals surface area contributed by atoms with Crippen molar-refractivity contribution >= 4 is 23.0 Å². The second-order valence-corrected chi connectivity index (χ2v) is 10.3. The molecule has 1 saturated carbocycles. The third kappa shape index (κ3) is 3.75. The number of fused-ring (bicyclic) bond motifs is 2. The standard InChI is InChI=1S/C24H25F5N6/c1-13-22(4,15-8-23(25,26)9-15)17-7-14(10-30-19(17)33-13)16-5-6-35-18(16)11-31-20(34-35)32-12-21(2,3)24(27,28)29/h5-7,10-11,15H,8-9,12H2,1-4H3,(H,32,34). The molecule has 3 aromatic rings. The zero-order valence-corrected chi connectivity index (χ0v) is 19.7. The molecule has 4 heterocycles. The Labute approximate surface area is 198 Å². The number of pyridine rings is 1. The van der Waals surface area contributed by atoms with Crippen LogP contribution in [-0.2, 0) is 5.41 Å². The van der Waals surface area contributed by atoms with Gasteiger partial charge in [0.2, 0.25) is 11.9 Å². The van der Waals surface area contributed by atoms with Gasteiger partial charge in [-0.3, -0.25) is 0 Å². The molecule has 0 amide bonds. The molecule has 1 aliphatic carbocycles. The third-order valence-electron chi connectivity index (χ3n) is 7.54. The maximum atomic E-state index is 13.7. The fourth-order valence-corrected chi connectivity index (χ4v) is 4.76. The van der Waals surface area contributed by atoms with E-state index in [0.717, 1.165) is 36.2 Å². The van der Waals surface area contributed by atoms with Gasteiger partial charge >= 0.3 is 6.18 Å². The molecule has 3 aromatic heterocycles. The van der Waals surface area contributed by atoms with Crippen molar-refractivity contribution in [3.05, 3.63) is 36.3 Å². The Bertz CT molecular complexity index is 1330. The van der Waals surface area contributed by atoms with Crippen molar-refractivity contribution in [2.75, 3.05) is 11.9 Å². The Kier molecular flexibility index (Phi) is 5.02. The molecule has 1 aliphatic heterocycles. The van der Waals surface area contributed by atoms with E-state index >= 15 is 0 Å². The van der Waals surface area contributed by atoms with Crippen LogP contribution in [0.5, 0.6) is 0 Å². The molecule has 1 atom stereocenters. The van der Waals surface area contributed by atoms with Crippen molar-refractivity contribution in [3.63, 3.8) is 0 Å². The van der Waals surface area contributed by atoms with Crippen LogP contribution in [-0.4, -0.2) is 43.9 Å². The number of rotatable bonds is 5.